The Balaban J connectivity index is 0. The molecule has 0 aliphatic rings. The maximum Gasteiger partial charge on any atom is 0.149 e. The number of hydrogen-bond acceptors (Lipinski definition) is 4. The highest BCUT2D eigenvalue weighted by Crippen LogP contribution is 2.09. The van der Waals surface area contributed by atoms with Crippen molar-refractivity contribution in [3.05, 3.63) is 0 Å². The van der Waals surface area contributed by atoms with E-state index in [2.05, 4.69) is 43.6 Å². The first-order chi connectivity index (χ1) is 10.7. The number of unbranched alkanes of at least 4 members (excludes halogenated alkanes) is 2. The maximum atomic E-state index is 12.3. The summed E-state index contributed by atoms with van der Waals surface area (Å²) in [6.45, 7) is 12.6. The summed E-state index contributed by atoms with van der Waals surface area (Å²) in [6, 6.07) is 0.633. The molecule has 0 aliphatic carbocycles. The molecule has 0 rings (SSSR count). The van der Waals surface area contributed by atoms with E-state index < -0.39 is 0 Å². The van der Waals surface area contributed by atoms with Crippen molar-refractivity contribution in [1.29, 1.82) is 0 Å². The van der Waals surface area contributed by atoms with Gasteiger partial charge in [-0.2, -0.15) is 0 Å². The Morgan fingerprint density at radius 1 is 0.870 bits per heavy atom. The fraction of sp³-hybridized carbons (Fsp3) is 0.947. The SMILES string of the molecule is C.CCNCCCCC(NCC)C(=O)CCCCC(C)NCC. The van der Waals surface area contributed by atoms with Crippen molar-refractivity contribution in [1.82, 2.24) is 16.0 Å². The number of carbonyl (C=O) groups excluding carboxylic acids is 1. The zero-order chi connectivity index (χ0) is 16.6. The van der Waals surface area contributed by atoms with E-state index in [9.17, 15) is 4.79 Å². The van der Waals surface area contributed by atoms with E-state index in [4.69, 9.17) is 0 Å². The standard InChI is InChI=1S/C18H39N3O.CH4/c1-5-19-15-11-10-13-17(21-7-3)18(22)14-9-8-12-16(4)20-6-2;/h16-17,19-21H,5-15H2,1-4H3;1H4. The van der Waals surface area contributed by atoms with Crippen LogP contribution in [0.1, 0.15) is 80.1 Å². The number of hydrogen-bond donors (Lipinski definition) is 3. The molecule has 0 spiro atoms. The third-order valence-electron chi connectivity index (χ3n) is 4.05. The van der Waals surface area contributed by atoms with Gasteiger partial charge in [0.2, 0.25) is 0 Å². The molecule has 140 valence electrons. The zero-order valence-electron chi connectivity index (χ0n) is 15.3. The van der Waals surface area contributed by atoms with E-state index in [-0.39, 0.29) is 13.5 Å². The Kier molecular flexibility index (Phi) is 19.3. The Hall–Kier alpha value is -0.450. The summed E-state index contributed by atoms with van der Waals surface area (Å²) >= 11 is 0. The highest BCUT2D eigenvalue weighted by Gasteiger charge is 2.16. The second-order valence-electron chi connectivity index (χ2n) is 6.13. The van der Waals surface area contributed by atoms with Crippen LogP contribution in [-0.2, 0) is 4.79 Å². The van der Waals surface area contributed by atoms with Gasteiger partial charge in [-0.05, 0) is 58.8 Å². The van der Waals surface area contributed by atoms with Crippen molar-refractivity contribution in [3.63, 3.8) is 0 Å². The van der Waals surface area contributed by atoms with Gasteiger partial charge < -0.3 is 16.0 Å². The summed E-state index contributed by atoms with van der Waals surface area (Å²) in [6.07, 6.45) is 7.30. The molecule has 0 fully saturated rings. The minimum atomic E-state index is 0. The molecule has 0 aliphatic heterocycles. The number of carbonyl (C=O) groups is 1. The van der Waals surface area contributed by atoms with Crippen LogP contribution in [0, 0.1) is 0 Å². The Labute approximate surface area is 145 Å². The topological polar surface area (TPSA) is 53.2 Å². The van der Waals surface area contributed by atoms with E-state index in [1.54, 1.807) is 0 Å². The third kappa shape index (κ3) is 14.9. The lowest BCUT2D eigenvalue weighted by Crippen LogP contribution is -2.36. The summed E-state index contributed by atoms with van der Waals surface area (Å²) in [7, 11) is 0. The first-order valence-corrected chi connectivity index (χ1v) is 9.35. The molecule has 0 aromatic carbocycles. The van der Waals surface area contributed by atoms with Gasteiger partial charge in [-0.1, -0.05) is 41.0 Å². The molecule has 0 bridgehead atoms. The molecule has 0 saturated carbocycles. The molecule has 3 N–H and O–H groups in total. The molecular formula is C19H43N3O. The molecule has 0 heterocycles. The monoisotopic (exact) mass is 329 g/mol. The van der Waals surface area contributed by atoms with Crippen LogP contribution < -0.4 is 16.0 Å². The number of nitrogens with one attached hydrogen (secondary N) is 3. The quantitative estimate of drug-likeness (QED) is 0.379. The summed E-state index contributed by atoms with van der Waals surface area (Å²) in [5, 5.41) is 10.1. The lowest BCUT2D eigenvalue weighted by Gasteiger charge is -2.17. The van der Waals surface area contributed by atoms with Crippen LogP contribution in [0.15, 0.2) is 0 Å². The molecule has 4 heteroatoms. The van der Waals surface area contributed by atoms with Crippen molar-refractivity contribution in [3.8, 4) is 0 Å². The maximum absolute atomic E-state index is 12.3. The van der Waals surface area contributed by atoms with E-state index >= 15 is 0 Å². The average Bonchev–Trinajstić information content (AvgIpc) is 2.50. The lowest BCUT2D eigenvalue weighted by molar-refractivity contribution is -0.121. The second kappa shape index (κ2) is 17.9. The predicted octanol–water partition coefficient (Wildman–Crippen LogP) is 3.51. The van der Waals surface area contributed by atoms with Gasteiger partial charge in [0.05, 0.1) is 6.04 Å². The van der Waals surface area contributed by atoms with E-state index in [0.29, 0.717) is 11.8 Å². The largest absolute Gasteiger partial charge is 0.317 e. The number of Topliss-reactive ketones (excluding diaryl/α,β-unsaturated/α-hetero) is 1. The van der Waals surface area contributed by atoms with Gasteiger partial charge in [0.15, 0.2) is 0 Å². The molecule has 2 unspecified atom stereocenters. The van der Waals surface area contributed by atoms with Gasteiger partial charge in [0.1, 0.15) is 5.78 Å². The molecule has 0 aromatic rings. The summed E-state index contributed by atoms with van der Waals surface area (Å²) < 4.78 is 0. The van der Waals surface area contributed by atoms with E-state index in [0.717, 1.165) is 71.1 Å². The van der Waals surface area contributed by atoms with Gasteiger partial charge in [-0.25, -0.2) is 0 Å². The molecule has 0 amide bonds. The normalized spacial score (nSPS) is 13.4. The molecule has 4 nitrogen and oxygen atoms in total. The van der Waals surface area contributed by atoms with Crippen LogP contribution in [-0.4, -0.2) is 44.0 Å². The molecule has 23 heavy (non-hydrogen) atoms. The molecular weight excluding hydrogens is 286 g/mol. The van der Waals surface area contributed by atoms with Crippen molar-refractivity contribution >= 4 is 5.78 Å². The average molecular weight is 330 g/mol. The Bertz CT molecular complexity index is 259. The minimum absolute atomic E-state index is 0. The van der Waals surface area contributed by atoms with Crippen LogP contribution in [0.2, 0.25) is 0 Å². The van der Waals surface area contributed by atoms with Crippen LogP contribution in [0.5, 0.6) is 0 Å². The first kappa shape index (κ1) is 24.8. The fourth-order valence-corrected chi connectivity index (χ4v) is 2.77. The number of likely N-dealkylation sites (N-methyl/N-ethyl adjacent to an activating group) is 1. The summed E-state index contributed by atoms with van der Waals surface area (Å²) in [5.41, 5.74) is 0. The minimum Gasteiger partial charge on any atom is -0.317 e. The number of rotatable bonds is 16. The number of ketones is 1. The van der Waals surface area contributed by atoms with Crippen molar-refractivity contribution in [2.75, 3.05) is 26.2 Å². The first-order valence-electron chi connectivity index (χ1n) is 9.35. The molecule has 0 saturated heterocycles. The third-order valence-corrected chi connectivity index (χ3v) is 4.05. The Morgan fingerprint density at radius 2 is 1.52 bits per heavy atom. The van der Waals surface area contributed by atoms with Crippen molar-refractivity contribution in [2.45, 2.75) is 92.2 Å². The predicted molar refractivity (Wildman–Crippen MR) is 103 cm³/mol. The smallest absolute Gasteiger partial charge is 0.149 e. The lowest BCUT2D eigenvalue weighted by atomic mass is 9.99. The van der Waals surface area contributed by atoms with Gasteiger partial charge in [0.25, 0.3) is 0 Å². The van der Waals surface area contributed by atoms with Crippen LogP contribution in [0.3, 0.4) is 0 Å². The van der Waals surface area contributed by atoms with Gasteiger partial charge in [-0.15, -0.1) is 0 Å². The van der Waals surface area contributed by atoms with Crippen molar-refractivity contribution in [2.24, 2.45) is 0 Å². The highest BCUT2D eigenvalue weighted by molar-refractivity contribution is 5.83. The summed E-state index contributed by atoms with van der Waals surface area (Å²) in [4.78, 5) is 12.3. The molecule has 2 atom stereocenters. The fourth-order valence-electron chi connectivity index (χ4n) is 2.77. The van der Waals surface area contributed by atoms with Gasteiger partial charge in [0, 0.05) is 12.5 Å². The Morgan fingerprint density at radius 3 is 2.13 bits per heavy atom. The van der Waals surface area contributed by atoms with E-state index in [1.165, 1.54) is 0 Å². The van der Waals surface area contributed by atoms with E-state index in [1.807, 2.05) is 0 Å². The molecule has 0 radical (unpaired) electrons. The van der Waals surface area contributed by atoms with Crippen LogP contribution in [0.25, 0.3) is 0 Å². The second-order valence-corrected chi connectivity index (χ2v) is 6.13. The van der Waals surface area contributed by atoms with Crippen LogP contribution >= 0.6 is 0 Å². The molecule has 0 aromatic heterocycles. The van der Waals surface area contributed by atoms with Gasteiger partial charge in [-0.3, -0.25) is 4.79 Å². The van der Waals surface area contributed by atoms with Crippen LogP contribution in [0.4, 0.5) is 0 Å². The zero-order valence-corrected chi connectivity index (χ0v) is 15.3. The highest BCUT2D eigenvalue weighted by atomic mass is 16.1. The van der Waals surface area contributed by atoms with Crippen molar-refractivity contribution < 1.29 is 4.79 Å². The van der Waals surface area contributed by atoms with Gasteiger partial charge >= 0.3 is 0 Å². The summed E-state index contributed by atoms with van der Waals surface area (Å²) in [5.74, 6) is 0.404.